The molecule has 0 aliphatic heterocycles. The van der Waals surface area contributed by atoms with E-state index in [1.807, 2.05) is 0 Å². The Balaban J connectivity index is 2.02. The molecule has 0 bridgehead atoms. The van der Waals surface area contributed by atoms with Gasteiger partial charge in [-0.2, -0.15) is 39.5 Å². The molecule has 3 aromatic carbocycles. The number of nitrogens with zero attached hydrogens (tertiary/aromatic N) is 2. The van der Waals surface area contributed by atoms with Crippen LogP contribution >= 0.6 is 0 Å². The first-order chi connectivity index (χ1) is 21.1. The third kappa shape index (κ3) is 8.34. The molecule has 0 radical (unpaired) electrons. The highest BCUT2D eigenvalue weighted by Crippen LogP contribution is 2.33. The van der Waals surface area contributed by atoms with E-state index in [-0.39, 0.29) is 17.1 Å². The second-order valence-corrected chi connectivity index (χ2v) is 9.60. The summed E-state index contributed by atoms with van der Waals surface area (Å²) in [6.07, 6.45) is -11.2. The topological polar surface area (TPSA) is 169 Å². The van der Waals surface area contributed by atoms with Crippen LogP contribution in [0, 0.1) is 0 Å². The van der Waals surface area contributed by atoms with Crippen LogP contribution in [0.25, 0.3) is 0 Å². The molecule has 3 aromatic rings. The first-order valence-corrected chi connectivity index (χ1v) is 12.6. The molecule has 0 aliphatic carbocycles. The van der Waals surface area contributed by atoms with Crippen LogP contribution in [0.2, 0.25) is 0 Å². The third-order valence-electron chi connectivity index (χ3n) is 6.40. The summed E-state index contributed by atoms with van der Waals surface area (Å²) in [5, 5.41) is 15.7. The number of anilines is 3. The summed E-state index contributed by atoms with van der Waals surface area (Å²) >= 11 is 0. The molecule has 0 aromatic heterocycles. The fraction of sp³-hybridized carbons (Fsp3) is 0.143. The van der Waals surface area contributed by atoms with Crippen LogP contribution in [0.1, 0.15) is 16.7 Å². The van der Waals surface area contributed by atoms with Gasteiger partial charge in [0.1, 0.15) is 0 Å². The smallest absolute Gasteiger partial charge is 0.398 e. The Morgan fingerprint density at radius 3 is 1.15 bits per heavy atom. The fourth-order valence-corrected chi connectivity index (χ4v) is 3.80. The maximum Gasteiger partial charge on any atom is 0.416 e. The van der Waals surface area contributed by atoms with Crippen LogP contribution in [-0.2, 0) is 18.5 Å². The Bertz CT molecular complexity index is 1500. The summed E-state index contributed by atoms with van der Waals surface area (Å²) in [7, 11) is 0. The van der Waals surface area contributed by atoms with Crippen molar-refractivity contribution in [3.8, 4) is 0 Å². The predicted octanol–water partition coefficient (Wildman–Crippen LogP) is 5.05. The Morgan fingerprint density at radius 1 is 0.543 bits per heavy atom. The molecule has 3 rings (SSSR count). The number of nitrogens with two attached hydrogens (primary N) is 5. The number of alkyl halides is 9. The molecule has 0 amide bonds. The summed E-state index contributed by atoms with van der Waals surface area (Å²) in [6, 6.07) is 10.6. The number of hydrazine groups is 2. The van der Waals surface area contributed by atoms with Crippen molar-refractivity contribution in [1.29, 1.82) is 0 Å². The lowest BCUT2D eigenvalue weighted by molar-refractivity contribution is -0.138. The Hall–Kier alpha value is -5.07. The molecule has 0 heterocycles. The van der Waals surface area contributed by atoms with E-state index in [2.05, 4.69) is 5.32 Å². The van der Waals surface area contributed by atoms with E-state index in [9.17, 15) is 44.6 Å². The number of hydrogen-bond acceptors (Lipinski definition) is 9. The molecule has 0 atom stereocenters. The van der Waals surface area contributed by atoms with Gasteiger partial charge in [0, 0.05) is 24.3 Å². The van der Waals surface area contributed by atoms with Crippen molar-refractivity contribution in [2.45, 2.75) is 24.1 Å². The zero-order valence-electron chi connectivity index (χ0n) is 23.3. The molecular weight excluding hydrogens is 635 g/mol. The van der Waals surface area contributed by atoms with Gasteiger partial charge < -0.3 is 27.6 Å². The molecule has 0 fully saturated rings. The van der Waals surface area contributed by atoms with Crippen molar-refractivity contribution >= 4 is 17.1 Å². The van der Waals surface area contributed by atoms with Crippen LogP contribution in [0.5, 0.6) is 0 Å². The molecule has 18 heteroatoms. The van der Waals surface area contributed by atoms with Crippen molar-refractivity contribution in [1.82, 2.24) is 0 Å². The monoisotopic (exact) mass is 662 g/mol. The molecular formula is C28H27F9N8O. The van der Waals surface area contributed by atoms with Crippen molar-refractivity contribution < 1.29 is 44.6 Å². The summed E-state index contributed by atoms with van der Waals surface area (Å²) in [4.78, 5) is 0. The highest BCUT2D eigenvalue weighted by atomic mass is 19.4. The molecule has 0 unspecified atom stereocenters. The number of halogens is 9. The Kier molecular flexibility index (Phi) is 10.1. The van der Waals surface area contributed by atoms with E-state index >= 15 is 0 Å². The van der Waals surface area contributed by atoms with Gasteiger partial charge in [-0.25, -0.2) is 11.7 Å². The number of rotatable bonds is 9. The van der Waals surface area contributed by atoms with Gasteiger partial charge >= 0.3 is 18.5 Å². The van der Waals surface area contributed by atoms with E-state index in [1.165, 1.54) is 0 Å². The van der Waals surface area contributed by atoms with Crippen LogP contribution in [-0.4, -0.2) is 10.7 Å². The lowest BCUT2D eigenvalue weighted by atomic mass is 9.92. The number of hydrogen-bond donors (Lipinski definition) is 7. The summed E-state index contributed by atoms with van der Waals surface area (Å²) < 4.78 is 116. The molecule has 0 saturated heterocycles. The fourth-order valence-electron chi connectivity index (χ4n) is 3.80. The Morgan fingerprint density at radius 2 is 0.848 bits per heavy atom. The van der Waals surface area contributed by atoms with Gasteiger partial charge in [0.15, 0.2) is 5.60 Å². The number of aliphatic hydroxyl groups is 1. The van der Waals surface area contributed by atoms with Crippen LogP contribution in [0.15, 0.2) is 108 Å². The lowest BCUT2D eigenvalue weighted by Crippen LogP contribution is -2.48. The average Bonchev–Trinajstić information content (AvgIpc) is 2.98. The average molecular weight is 663 g/mol. The molecule has 248 valence electrons. The van der Waals surface area contributed by atoms with E-state index in [0.29, 0.717) is 0 Å². The Labute approximate surface area is 255 Å². The largest absolute Gasteiger partial charge is 0.416 e. The molecule has 9 nitrogen and oxygen atoms in total. The van der Waals surface area contributed by atoms with Crippen molar-refractivity contribution in [2.24, 2.45) is 28.9 Å². The zero-order chi connectivity index (χ0) is 34.7. The van der Waals surface area contributed by atoms with Gasteiger partial charge in [0.2, 0.25) is 0 Å². The quantitative estimate of drug-likeness (QED) is 0.0943. The minimum Gasteiger partial charge on any atom is -0.398 e. The highest BCUT2D eigenvalue weighted by molar-refractivity contribution is 5.55. The van der Waals surface area contributed by atoms with Crippen LogP contribution in [0.3, 0.4) is 0 Å². The van der Waals surface area contributed by atoms with Crippen LogP contribution in [0.4, 0.5) is 56.6 Å². The third-order valence-corrected chi connectivity index (χ3v) is 6.40. The van der Waals surface area contributed by atoms with Gasteiger partial charge in [-0.05, 0) is 72.8 Å². The van der Waals surface area contributed by atoms with E-state index in [0.717, 1.165) is 101 Å². The molecule has 0 spiro atoms. The summed E-state index contributed by atoms with van der Waals surface area (Å²) in [6.45, 7) is 0. The first-order valence-electron chi connectivity index (χ1n) is 12.6. The number of nitrogens with one attached hydrogen (secondary N) is 1. The predicted molar refractivity (Wildman–Crippen MR) is 153 cm³/mol. The van der Waals surface area contributed by atoms with Crippen molar-refractivity contribution in [3.63, 3.8) is 0 Å². The van der Waals surface area contributed by atoms with E-state index in [4.69, 9.17) is 28.9 Å². The zero-order valence-corrected chi connectivity index (χ0v) is 23.3. The minimum atomic E-state index is -4.63. The van der Waals surface area contributed by atoms with Gasteiger partial charge in [0.05, 0.1) is 45.2 Å². The normalized spacial score (nSPS) is 13.9. The molecule has 12 N–H and O–H groups in total. The first kappa shape index (κ1) is 35.4. The molecule has 46 heavy (non-hydrogen) atoms. The summed E-state index contributed by atoms with van der Waals surface area (Å²) in [5.41, 5.74) is 11.0. The second kappa shape index (κ2) is 13.1. The lowest BCUT2D eigenvalue weighted by Gasteiger charge is -2.32. The van der Waals surface area contributed by atoms with Crippen molar-refractivity contribution in [2.75, 3.05) is 15.3 Å². The van der Waals surface area contributed by atoms with Gasteiger partial charge in [-0.3, -0.25) is 10.0 Å². The maximum atomic E-state index is 13.0. The second-order valence-electron chi connectivity index (χ2n) is 9.60. The van der Waals surface area contributed by atoms with Gasteiger partial charge in [-0.1, -0.05) is 0 Å². The minimum absolute atomic E-state index is 0.0310. The van der Waals surface area contributed by atoms with Crippen LogP contribution < -0.4 is 44.2 Å². The highest BCUT2D eigenvalue weighted by Gasteiger charge is 2.38. The number of benzene rings is 3. The standard InChI is InChI=1S/C28H27F9N8O/c29-26(30,31)16-1-7-19(8-2-16)43-13-22(38)25(46,23(39)14-44(41)20-9-3-17(4-10-20)27(32,33)34)24(40)15-45(42)21-11-5-18(6-12-21)28(35,36)37/h1-15,43,46H,38-42H2/b22-13-,23-14-,24-15-. The summed E-state index contributed by atoms with van der Waals surface area (Å²) in [5.74, 6) is 11.9. The van der Waals surface area contributed by atoms with Crippen molar-refractivity contribution in [3.05, 3.63) is 125 Å². The van der Waals surface area contributed by atoms with E-state index < -0.39 is 57.9 Å². The van der Waals surface area contributed by atoms with Gasteiger partial charge in [-0.15, -0.1) is 0 Å². The molecule has 0 aliphatic rings. The van der Waals surface area contributed by atoms with Gasteiger partial charge in [0.25, 0.3) is 0 Å². The van der Waals surface area contributed by atoms with E-state index in [1.54, 1.807) is 0 Å². The maximum absolute atomic E-state index is 13.0. The molecule has 0 saturated carbocycles. The SMILES string of the molecule is N/C(=C\Nc1ccc(C(F)(F)F)cc1)C(O)(/C(N)=C/N(N)c1ccc(C(F)(F)F)cc1)/C(N)=C/N(N)c1ccc(C(F)(F)F)cc1.